The van der Waals surface area contributed by atoms with Crippen molar-refractivity contribution in [3.05, 3.63) is 53.2 Å². The van der Waals surface area contributed by atoms with Gasteiger partial charge in [-0.25, -0.2) is 4.98 Å². The zero-order valence-corrected chi connectivity index (χ0v) is 16.1. The second-order valence-corrected chi connectivity index (χ2v) is 7.77. The van der Waals surface area contributed by atoms with Gasteiger partial charge in [0.2, 0.25) is 5.91 Å². The lowest BCUT2D eigenvalue weighted by Crippen LogP contribution is -2.36. The van der Waals surface area contributed by atoms with Crippen LogP contribution in [-0.4, -0.2) is 22.7 Å². The highest BCUT2D eigenvalue weighted by atomic mass is 32.2. The molecule has 2 aromatic rings. The highest BCUT2D eigenvalue weighted by molar-refractivity contribution is 8.00. The van der Waals surface area contributed by atoms with Crippen LogP contribution in [0.3, 0.4) is 0 Å². The van der Waals surface area contributed by atoms with Crippen molar-refractivity contribution in [2.24, 2.45) is 0 Å². The molecule has 0 saturated heterocycles. The Labute approximate surface area is 159 Å². The lowest BCUT2D eigenvalue weighted by Gasteiger charge is -2.24. The van der Waals surface area contributed by atoms with Crippen LogP contribution in [0.5, 0.6) is 0 Å². The summed E-state index contributed by atoms with van der Waals surface area (Å²) in [5.74, 6) is 0.0344. The number of carbonyl (C=O) groups is 1. The second kappa shape index (κ2) is 8.37. The van der Waals surface area contributed by atoms with E-state index in [2.05, 4.69) is 6.07 Å². The maximum atomic E-state index is 13.0. The largest absolute Gasteiger partial charge is 0.312 e. The van der Waals surface area contributed by atoms with E-state index in [0.717, 1.165) is 37.1 Å². The molecule has 1 aromatic carbocycles. The number of anilines is 1. The maximum absolute atomic E-state index is 13.0. The van der Waals surface area contributed by atoms with Crippen molar-refractivity contribution in [2.45, 2.75) is 49.8 Å². The second-order valence-electron chi connectivity index (χ2n) is 6.44. The zero-order chi connectivity index (χ0) is 18.5. The number of pyridine rings is 1. The molecule has 0 bridgehead atoms. The van der Waals surface area contributed by atoms with Crippen LogP contribution < -0.4 is 4.90 Å². The van der Waals surface area contributed by atoms with E-state index in [0.29, 0.717) is 17.1 Å². The van der Waals surface area contributed by atoms with Crippen LogP contribution in [0.1, 0.15) is 43.5 Å². The Morgan fingerprint density at radius 3 is 2.73 bits per heavy atom. The molecule has 0 N–H and O–H groups in total. The van der Waals surface area contributed by atoms with E-state index in [4.69, 9.17) is 4.98 Å². The molecule has 134 valence electrons. The quantitative estimate of drug-likeness (QED) is 0.739. The van der Waals surface area contributed by atoms with E-state index in [1.807, 2.05) is 50.2 Å². The predicted octanol–water partition coefficient (Wildman–Crippen LogP) is 4.37. The first-order valence-corrected chi connectivity index (χ1v) is 9.98. The highest BCUT2D eigenvalue weighted by Crippen LogP contribution is 2.31. The first kappa shape index (κ1) is 18.5. The molecule has 26 heavy (non-hydrogen) atoms. The number of thioether (sulfide) groups is 1. The average Bonchev–Trinajstić information content (AvgIpc) is 2.68. The Morgan fingerprint density at radius 1 is 1.31 bits per heavy atom. The smallest absolute Gasteiger partial charge is 0.240 e. The number of para-hydroxylation sites is 1. The molecule has 1 heterocycles. The molecular weight excluding hydrogens is 342 g/mol. The molecule has 0 spiro atoms. The Hall–Kier alpha value is -2.32. The van der Waals surface area contributed by atoms with Crippen LogP contribution in [0, 0.1) is 11.3 Å². The molecular formula is C21H23N3OS. The molecule has 1 aliphatic carbocycles. The van der Waals surface area contributed by atoms with Gasteiger partial charge in [0, 0.05) is 17.9 Å². The molecule has 3 rings (SSSR count). The molecule has 0 aliphatic heterocycles. The molecule has 0 fully saturated rings. The van der Waals surface area contributed by atoms with E-state index in [-0.39, 0.29) is 11.2 Å². The van der Waals surface area contributed by atoms with Gasteiger partial charge in [0.15, 0.2) is 0 Å². The van der Waals surface area contributed by atoms with Gasteiger partial charge in [0.25, 0.3) is 0 Å². The van der Waals surface area contributed by atoms with Crippen LogP contribution >= 0.6 is 11.8 Å². The van der Waals surface area contributed by atoms with E-state index in [1.165, 1.54) is 17.3 Å². The van der Waals surface area contributed by atoms with Crippen LogP contribution in [0.15, 0.2) is 41.4 Å². The van der Waals surface area contributed by atoms with Gasteiger partial charge in [-0.2, -0.15) is 5.26 Å². The number of nitrogens with zero attached hydrogens (tertiary/aromatic N) is 3. The Morgan fingerprint density at radius 2 is 2.04 bits per heavy atom. The third kappa shape index (κ3) is 3.91. The van der Waals surface area contributed by atoms with E-state index >= 15 is 0 Å². The van der Waals surface area contributed by atoms with Gasteiger partial charge >= 0.3 is 0 Å². The molecule has 5 heteroatoms. The van der Waals surface area contributed by atoms with Crippen molar-refractivity contribution in [2.75, 3.05) is 11.4 Å². The summed E-state index contributed by atoms with van der Waals surface area (Å²) in [6, 6.07) is 13.9. The van der Waals surface area contributed by atoms with Gasteiger partial charge in [0.05, 0.1) is 10.8 Å². The van der Waals surface area contributed by atoms with Crippen molar-refractivity contribution in [3.63, 3.8) is 0 Å². The molecule has 0 radical (unpaired) electrons. The zero-order valence-electron chi connectivity index (χ0n) is 15.2. The van der Waals surface area contributed by atoms with E-state index < -0.39 is 0 Å². The fourth-order valence-corrected chi connectivity index (χ4v) is 4.25. The number of fused-ring (bicyclic) bond motifs is 1. The van der Waals surface area contributed by atoms with Crippen LogP contribution in [0.4, 0.5) is 5.69 Å². The van der Waals surface area contributed by atoms with Crippen molar-refractivity contribution in [1.29, 1.82) is 5.26 Å². The number of aromatic nitrogens is 1. The number of hydrogen-bond donors (Lipinski definition) is 0. The first-order chi connectivity index (χ1) is 12.6. The molecule has 1 amide bonds. The Balaban J connectivity index is 1.82. The molecule has 1 aliphatic rings. The summed E-state index contributed by atoms with van der Waals surface area (Å²) < 4.78 is 0. The number of amides is 1. The van der Waals surface area contributed by atoms with Crippen molar-refractivity contribution < 1.29 is 4.79 Å². The third-order valence-electron chi connectivity index (χ3n) is 4.67. The number of aryl methyl sites for hydroxylation is 2. The SMILES string of the molecule is CCN(C(=O)C(C)Sc1nc2c(cc1C#N)CCCC2)c1ccccc1. The van der Waals surface area contributed by atoms with Crippen molar-refractivity contribution in [1.82, 2.24) is 4.98 Å². The van der Waals surface area contributed by atoms with Gasteiger partial charge in [-0.15, -0.1) is 0 Å². The van der Waals surface area contributed by atoms with Gasteiger partial charge in [-0.3, -0.25) is 4.79 Å². The Kier molecular flexibility index (Phi) is 5.95. The predicted molar refractivity (Wildman–Crippen MR) is 105 cm³/mol. The van der Waals surface area contributed by atoms with Crippen molar-refractivity contribution in [3.8, 4) is 6.07 Å². The monoisotopic (exact) mass is 365 g/mol. The number of nitriles is 1. The highest BCUT2D eigenvalue weighted by Gasteiger charge is 2.24. The van der Waals surface area contributed by atoms with Crippen molar-refractivity contribution >= 4 is 23.4 Å². The standard InChI is InChI=1S/C21H23N3OS/c1-3-24(18-10-5-4-6-11-18)21(25)15(2)26-20-17(14-22)13-16-9-7-8-12-19(16)23-20/h4-6,10-11,13,15H,3,7-9,12H2,1-2H3. The minimum atomic E-state index is -0.309. The minimum Gasteiger partial charge on any atom is -0.312 e. The minimum absolute atomic E-state index is 0.0344. The average molecular weight is 366 g/mol. The molecule has 0 saturated carbocycles. The number of carbonyl (C=O) groups excluding carboxylic acids is 1. The molecule has 1 atom stereocenters. The van der Waals surface area contributed by atoms with Crippen LogP contribution in [0.25, 0.3) is 0 Å². The molecule has 1 aromatic heterocycles. The molecule has 4 nitrogen and oxygen atoms in total. The lowest BCUT2D eigenvalue weighted by atomic mass is 9.95. The van der Waals surface area contributed by atoms with Gasteiger partial charge < -0.3 is 4.90 Å². The number of rotatable bonds is 5. The summed E-state index contributed by atoms with van der Waals surface area (Å²) in [5.41, 5.74) is 3.76. The summed E-state index contributed by atoms with van der Waals surface area (Å²) in [5, 5.41) is 9.88. The Bertz CT molecular complexity index is 829. The number of benzene rings is 1. The third-order valence-corrected chi connectivity index (χ3v) is 5.76. The number of hydrogen-bond acceptors (Lipinski definition) is 4. The normalized spacial score (nSPS) is 14.2. The fraction of sp³-hybridized carbons (Fsp3) is 0.381. The molecule has 1 unspecified atom stereocenters. The summed E-state index contributed by atoms with van der Waals surface area (Å²) >= 11 is 1.39. The summed E-state index contributed by atoms with van der Waals surface area (Å²) in [7, 11) is 0. The van der Waals surface area contributed by atoms with Crippen LogP contribution in [-0.2, 0) is 17.6 Å². The summed E-state index contributed by atoms with van der Waals surface area (Å²) in [6.45, 7) is 4.47. The van der Waals surface area contributed by atoms with Crippen LogP contribution in [0.2, 0.25) is 0 Å². The lowest BCUT2D eigenvalue weighted by molar-refractivity contribution is -0.117. The van der Waals surface area contributed by atoms with E-state index in [9.17, 15) is 10.1 Å². The fourth-order valence-electron chi connectivity index (χ4n) is 3.30. The summed E-state index contributed by atoms with van der Waals surface area (Å²) in [6.07, 6.45) is 4.25. The maximum Gasteiger partial charge on any atom is 0.240 e. The topological polar surface area (TPSA) is 57.0 Å². The van der Waals surface area contributed by atoms with E-state index in [1.54, 1.807) is 4.90 Å². The van der Waals surface area contributed by atoms with Gasteiger partial charge in [-0.1, -0.05) is 30.0 Å². The van der Waals surface area contributed by atoms with Gasteiger partial charge in [-0.05, 0) is 63.3 Å². The van der Waals surface area contributed by atoms with Gasteiger partial charge in [0.1, 0.15) is 11.1 Å². The summed E-state index contributed by atoms with van der Waals surface area (Å²) in [4.78, 5) is 19.5. The first-order valence-electron chi connectivity index (χ1n) is 9.10.